The van der Waals surface area contributed by atoms with E-state index in [0.29, 0.717) is 12.0 Å². The van der Waals surface area contributed by atoms with E-state index in [1.54, 1.807) is 0 Å². The molecule has 19 heavy (non-hydrogen) atoms. The third kappa shape index (κ3) is 3.48. The van der Waals surface area contributed by atoms with Gasteiger partial charge in [-0.05, 0) is 71.4 Å². The third-order valence-corrected chi connectivity index (χ3v) is 4.82. The summed E-state index contributed by atoms with van der Waals surface area (Å²) in [5.41, 5.74) is -0.650. The van der Waals surface area contributed by atoms with Crippen molar-refractivity contribution in [2.45, 2.75) is 64.0 Å². The van der Waals surface area contributed by atoms with E-state index in [4.69, 9.17) is 0 Å². The predicted molar refractivity (Wildman–Crippen MR) is 76.3 cm³/mol. The number of carbonyl (C=O) groups is 1. The highest BCUT2D eigenvalue weighted by Crippen LogP contribution is 2.31. The van der Waals surface area contributed by atoms with Gasteiger partial charge in [-0.1, -0.05) is 0 Å². The molecule has 2 heterocycles. The van der Waals surface area contributed by atoms with Gasteiger partial charge in [0.15, 0.2) is 0 Å². The zero-order valence-electron chi connectivity index (χ0n) is 12.3. The van der Waals surface area contributed by atoms with E-state index in [1.807, 2.05) is 0 Å². The molecule has 0 spiro atoms. The lowest BCUT2D eigenvalue weighted by molar-refractivity contribution is -0.147. The molecule has 0 aromatic rings. The van der Waals surface area contributed by atoms with Gasteiger partial charge in [-0.2, -0.15) is 0 Å². The summed E-state index contributed by atoms with van der Waals surface area (Å²) in [5, 5.41) is 12.9. The molecule has 4 heteroatoms. The van der Waals surface area contributed by atoms with E-state index in [1.165, 1.54) is 19.4 Å². The number of nitrogens with zero attached hydrogens (tertiary/aromatic N) is 1. The number of carboxylic acid groups (broad SMARTS) is 1. The minimum Gasteiger partial charge on any atom is -0.480 e. The van der Waals surface area contributed by atoms with E-state index in [0.717, 1.165) is 38.8 Å². The SMILES string of the molecule is CC(C)N1CCCC(CC2(C(=O)O)CCCCN2)C1. The van der Waals surface area contributed by atoms with E-state index < -0.39 is 11.5 Å². The van der Waals surface area contributed by atoms with Crippen molar-refractivity contribution in [1.29, 1.82) is 0 Å². The van der Waals surface area contributed by atoms with Gasteiger partial charge in [0.25, 0.3) is 0 Å². The van der Waals surface area contributed by atoms with Gasteiger partial charge in [0, 0.05) is 12.6 Å². The molecule has 2 atom stereocenters. The van der Waals surface area contributed by atoms with Gasteiger partial charge in [0.2, 0.25) is 0 Å². The number of aliphatic carboxylic acids is 1. The molecule has 0 saturated carbocycles. The topological polar surface area (TPSA) is 52.6 Å². The van der Waals surface area contributed by atoms with Crippen LogP contribution in [-0.4, -0.2) is 47.2 Å². The van der Waals surface area contributed by atoms with Crippen molar-refractivity contribution in [3.8, 4) is 0 Å². The second-order valence-corrected chi connectivity index (χ2v) is 6.57. The molecule has 2 N–H and O–H groups in total. The average molecular weight is 268 g/mol. The first-order valence-electron chi connectivity index (χ1n) is 7.76. The Balaban J connectivity index is 1.99. The first kappa shape index (κ1) is 14.8. The quantitative estimate of drug-likeness (QED) is 0.820. The van der Waals surface area contributed by atoms with Gasteiger partial charge < -0.3 is 15.3 Å². The Hall–Kier alpha value is -0.610. The lowest BCUT2D eigenvalue weighted by Gasteiger charge is -2.41. The van der Waals surface area contributed by atoms with Gasteiger partial charge in [-0.3, -0.25) is 4.79 Å². The Morgan fingerprint density at radius 1 is 1.42 bits per heavy atom. The first-order valence-corrected chi connectivity index (χ1v) is 7.76. The summed E-state index contributed by atoms with van der Waals surface area (Å²) in [6, 6.07) is 0.572. The molecular formula is C15H28N2O2. The molecule has 2 rings (SSSR count). The minimum atomic E-state index is -0.650. The molecule has 0 radical (unpaired) electrons. The van der Waals surface area contributed by atoms with Crippen molar-refractivity contribution >= 4 is 5.97 Å². The molecule has 4 nitrogen and oxygen atoms in total. The number of carboxylic acids is 1. The summed E-state index contributed by atoms with van der Waals surface area (Å²) in [6.07, 6.45) is 6.13. The molecule has 2 aliphatic rings. The van der Waals surface area contributed by atoms with E-state index in [-0.39, 0.29) is 0 Å². The lowest BCUT2D eigenvalue weighted by Crippen LogP contribution is -2.57. The van der Waals surface area contributed by atoms with Gasteiger partial charge in [-0.25, -0.2) is 0 Å². The fraction of sp³-hybridized carbons (Fsp3) is 0.933. The Bertz CT molecular complexity index is 311. The van der Waals surface area contributed by atoms with Crippen LogP contribution in [0.25, 0.3) is 0 Å². The van der Waals surface area contributed by atoms with Gasteiger partial charge >= 0.3 is 5.97 Å². The van der Waals surface area contributed by atoms with Crippen LogP contribution in [0.2, 0.25) is 0 Å². The maximum atomic E-state index is 11.7. The van der Waals surface area contributed by atoms with Crippen molar-refractivity contribution in [3.63, 3.8) is 0 Å². The number of piperidine rings is 2. The van der Waals surface area contributed by atoms with Crippen LogP contribution in [0.1, 0.15) is 52.4 Å². The zero-order valence-corrected chi connectivity index (χ0v) is 12.3. The van der Waals surface area contributed by atoms with Crippen LogP contribution in [0.4, 0.5) is 0 Å². The highest BCUT2D eigenvalue weighted by molar-refractivity contribution is 5.79. The zero-order chi connectivity index (χ0) is 13.9. The van der Waals surface area contributed by atoms with Crippen LogP contribution >= 0.6 is 0 Å². The molecule has 2 aliphatic heterocycles. The van der Waals surface area contributed by atoms with E-state index in [9.17, 15) is 9.90 Å². The molecule has 2 saturated heterocycles. The number of hydrogen-bond donors (Lipinski definition) is 2. The third-order valence-electron chi connectivity index (χ3n) is 4.82. The van der Waals surface area contributed by atoms with Crippen LogP contribution in [0.15, 0.2) is 0 Å². The van der Waals surface area contributed by atoms with Crippen LogP contribution in [-0.2, 0) is 4.79 Å². The average Bonchev–Trinajstić information content (AvgIpc) is 2.40. The fourth-order valence-corrected chi connectivity index (χ4v) is 3.64. The van der Waals surface area contributed by atoms with Gasteiger partial charge in [0.05, 0.1) is 0 Å². The van der Waals surface area contributed by atoms with Crippen LogP contribution in [0.5, 0.6) is 0 Å². The Labute approximate surface area is 116 Å². The fourth-order valence-electron chi connectivity index (χ4n) is 3.64. The second kappa shape index (κ2) is 6.23. The normalized spacial score (nSPS) is 33.5. The van der Waals surface area contributed by atoms with Crippen LogP contribution in [0, 0.1) is 5.92 Å². The summed E-state index contributed by atoms with van der Waals surface area (Å²) in [5.74, 6) is -0.119. The predicted octanol–water partition coefficient (Wildman–Crippen LogP) is 2.09. The van der Waals surface area contributed by atoms with Crippen molar-refractivity contribution in [1.82, 2.24) is 10.2 Å². The lowest BCUT2D eigenvalue weighted by atomic mass is 9.78. The molecule has 0 amide bonds. The summed E-state index contributed by atoms with van der Waals surface area (Å²) < 4.78 is 0. The standard InChI is InChI=1S/C15H28N2O2/c1-12(2)17-9-5-6-13(11-17)10-15(14(18)19)7-3-4-8-16-15/h12-13,16H,3-11H2,1-2H3,(H,18,19). The molecule has 110 valence electrons. The van der Waals surface area contributed by atoms with Crippen molar-refractivity contribution in [2.75, 3.05) is 19.6 Å². The highest BCUT2D eigenvalue weighted by atomic mass is 16.4. The minimum absolute atomic E-state index is 0.526. The molecule has 0 aromatic heterocycles. The Morgan fingerprint density at radius 3 is 2.79 bits per heavy atom. The molecule has 2 fully saturated rings. The summed E-state index contributed by atoms with van der Waals surface area (Å²) in [4.78, 5) is 14.2. The maximum absolute atomic E-state index is 11.7. The highest BCUT2D eigenvalue weighted by Gasteiger charge is 2.42. The van der Waals surface area contributed by atoms with Crippen molar-refractivity contribution < 1.29 is 9.90 Å². The van der Waals surface area contributed by atoms with Crippen LogP contribution in [0.3, 0.4) is 0 Å². The monoisotopic (exact) mass is 268 g/mol. The first-order chi connectivity index (χ1) is 9.03. The second-order valence-electron chi connectivity index (χ2n) is 6.57. The summed E-state index contributed by atoms with van der Waals surface area (Å²) in [6.45, 7) is 7.55. The number of likely N-dealkylation sites (tertiary alicyclic amines) is 1. The van der Waals surface area contributed by atoms with Crippen molar-refractivity contribution in [3.05, 3.63) is 0 Å². The van der Waals surface area contributed by atoms with E-state index in [2.05, 4.69) is 24.1 Å². The summed E-state index contributed by atoms with van der Waals surface area (Å²) >= 11 is 0. The summed E-state index contributed by atoms with van der Waals surface area (Å²) in [7, 11) is 0. The Morgan fingerprint density at radius 2 is 2.21 bits per heavy atom. The smallest absolute Gasteiger partial charge is 0.323 e. The van der Waals surface area contributed by atoms with Gasteiger partial charge in [-0.15, -0.1) is 0 Å². The Kier molecular flexibility index (Phi) is 4.85. The molecule has 0 aromatic carbocycles. The number of hydrogen-bond acceptors (Lipinski definition) is 3. The maximum Gasteiger partial charge on any atom is 0.323 e. The van der Waals surface area contributed by atoms with Crippen molar-refractivity contribution in [2.24, 2.45) is 5.92 Å². The number of nitrogens with one attached hydrogen (secondary N) is 1. The van der Waals surface area contributed by atoms with E-state index >= 15 is 0 Å². The molecule has 0 bridgehead atoms. The molecular weight excluding hydrogens is 240 g/mol. The number of rotatable bonds is 4. The van der Waals surface area contributed by atoms with Gasteiger partial charge in [0.1, 0.15) is 5.54 Å². The molecule has 2 unspecified atom stereocenters. The van der Waals surface area contributed by atoms with Crippen LogP contribution < -0.4 is 5.32 Å². The molecule has 0 aliphatic carbocycles. The largest absolute Gasteiger partial charge is 0.480 e.